The van der Waals surface area contributed by atoms with Crippen molar-refractivity contribution in [3.05, 3.63) is 22.4 Å². The van der Waals surface area contributed by atoms with Gasteiger partial charge in [0.2, 0.25) is 0 Å². The molecule has 0 aliphatic rings. The van der Waals surface area contributed by atoms with E-state index in [-0.39, 0.29) is 18.4 Å². The summed E-state index contributed by atoms with van der Waals surface area (Å²) in [6, 6.07) is 1.74. The van der Waals surface area contributed by atoms with Crippen LogP contribution in [0.1, 0.15) is 25.3 Å². The van der Waals surface area contributed by atoms with Crippen LogP contribution in [0.4, 0.5) is 4.79 Å². The third-order valence-corrected chi connectivity index (χ3v) is 3.23. The maximum atomic E-state index is 11.4. The molecule has 1 aromatic rings. The molecular formula is C12H18N2O3S. The van der Waals surface area contributed by atoms with E-state index >= 15 is 0 Å². The standard InChI is InChI=1S/C12H18N2O3S/c1-9(2-3-11(15)16)6-13-12(17)14-7-10-4-5-18-8-10/h4-5,8-9H,2-3,6-7H2,1H3,(H,15,16)(H2,13,14,17). The summed E-state index contributed by atoms with van der Waals surface area (Å²) in [6.45, 7) is 2.92. The lowest BCUT2D eigenvalue weighted by atomic mass is 10.1. The van der Waals surface area contributed by atoms with Crippen molar-refractivity contribution < 1.29 is 14.7 Å². The van der Waals surface area contributed by atoms with Crippen LogP contribution in [-0.4, -0.2) is 23.7 Å². The summed E-state index contributed by atoms with van der Waals surface area (Å²) in [4.78, 5) is 21.8. The first-order valence-corrected chi connectivity index (χ1v) is 6.76. The first kappa shape index (κ1) is 14.5. The molecule has 100 valence electrons. The molecule has 1 heterocycles. The second kappa shape index (κ2) is 7.71. The molecule has 18 heavy (non-hydrogen) atoms. The van der Waals surface area contributed by atoms with Crippen LogP contribution in [0.2, 0.25) is 0 Å². The lowest BCUT2D eigenvalue weighted by Crippen LogP contribution is -2.37. The topological polar surface area (TPSA) is 78.4 Å². The molecule has 1 unspecified atom stereocenters. The van der Waals surface area contributed by atoms with E-state index in [0.29, 0.717) is 19.5 Å². The van der Waals surface area contributed by atoms with Gasteiger partial charge in [0.05, 0.1) is 0 Å². The molecule has 1 rings (SSSR count). The number of aliphatic carboxylic acids is 1. The molecule has 0 saturated heterocycles. The minimum atomic E-state index is -0.802. The van der Waals surface area contributed by atoms with Crippen molar-refractivity contribution in [1.29, 1.82) is 0 Å². The molecule has 0 radical (unpaired) electrons. The maximum absolute atomic E-state index is 11.4. The number of carboxylic acids is 1. The molecule has 3 N–H and O–H groups in total. The van der Waals surface area contributed by atoms with Crippen LogP contribution in [0.3, 0.4) is 0 Å². The Bertz CT molecular complexity index is 379. The van der Waals surface area contributed by atoms with E-state index in [9.17, 15) is 9.59 Å². The molecule has 0 fully saturated rings. The highest BCUT2D eigenvalue weighted by molar-refractivity contribution is 7.07. The fraction of sp³-hybridized carbons (Fsp3) is 0.500. The largest absolute Gasteiger partial charge is 0.481 e. The van der Waals surface area contributed by atoms with Crippen LogP contribution < -0.4 is 10.6 Å². The van der Waals surface area contributed by atoms with Gasteiger partial charge in [-0.2, -0.15) is 11.3 Å². The Morgan fingerprint density at radius 2 is 2.22 bits per heavy atom. The predicted molar refractivity (Wildman–Crippen MR) is 70.6 cm³/mol. The van der Waals surface area contributed by atoms with Gasteiger partial charge in [0.25, 0.3) is 0 Å². The van der Waals surface area contributed by atoms with Crippen LogP contribution in [0, 0.1) is 5.92 Å². The summed E-state index contributed by atoms with van der Waals surface area (Å²) in [5.74, 6) is -0.642. The molecule has 2 amide bonds. The third-order valence-electron chi connectivity index (χ3n) is 2.50. The number of carbonyl (C=O) groups excluding carboxylic acids is 1. The Morgan fingerprint density at radius 1 is 1.44 bits per heavy atom. The quantitative estimate of drug-likeness (QED) is 0.709. The lowest BCUT2D eigenvalue weighted by Gasteiger charge is -2.12. The minimum Gasteiger partial charge on any atom is -0.481 e. The highest BCUT2D eigenvalue weighted by Gasteiger charge is 2.07. The molecule has 0 aromatic carbocycles. The molecule has 1 aromatic heterocycles. The average molecular weight is 270 g/mol. The highest BCUT2D eigenvalue weighted by Crippen LogP contribution is 2.05. The van der Waals surface area contributed by atoms with Crippen molar-refractivity contribution in [2.45, 2.75) is 26.3 Å². The van der Waals surface area contributed by atoms with Crippen molar-refractivity contribution in [1.82, 2.24) is 10.6 Å². The zero-order valence-corrected chi connectivity index (χ0v) is 11.1. The number of carboxylic acid groups (broad SMARTS) is 1. The molecule has 0 saturated carbocycles. The second-order valence-corrected chi connectivity index (χ2v) is 5.01. The number of hydrogen-bond donors (Lipinski definition) is 3. The van der Waals surface area contributed by atoms with Crippen molar-refractivity contribution in [2.75, 3.05) is 6.54 Å². The van der Waals surface area contributed by atoms with E-state index in [1.165, 1.54) is 0 Å². The van der Waals surface area contributed by atoms with Crippen molar-refractivity contribution >= 4 is 23.3 Å². The Labute approximate surface area is 110 Å². The second-order valence-electron chi connectivity index (χ2n) is 4.23. The van der Waals surface area contributed by atoms with Crippen molar-refractivity contribution in [3.8, 4) is 0 Å². The van der Waals surface area contributed by atoms with Crippen LogP contribution in [0.5, 0.6) is 0 Å². The number of rotatable bonds is 7. The van der Waals surface area contributed by atoms with E-state index in [0.717, 1.165) is 5.56 Å². The maximum Gasteiger partial charge on any atom is 0.315 e. The van der Waals surface area contributed by atoms with E-state index in [1.54, 1.807) is 11.3 Å². The van der Waals surface area contributed by atoms with Crippen LogP contribution in [-0.2, 0) is 11.3 Å². The SMILES string of the molecule is CC(CCC(=O)O)CNC(=O)NCc1ccsc1. The van der Waals surface area contributed by atoms with Crippen molar-refractivity contribution in [3.63, 3.8) is 0 Å². The Morgan fingerprint density at radius 3 is 2.83 bits per heavy atom. The summed E-state index contributed by atoms with van der Waals surface area (Å²) < 4.78 is 0. The van der Waals surface area contributed by atoms with Gasteiger partial charge in [-0.25, -0.2) is 4.79 Å². The summed E-state index contributed by atoms with van der Waals surface area (Å²) >= 11 is 1.59. The first-order chi connectivity index (χ1) is 8.58. The average Bonchev–Trinajstić information content (AvgIpc) is 2.84. The number of urea groups is 1. The molecule has 1 atom stereocenters. The number of carbonyl (C=O) groups is 2. The van der Waals surface area contributed by atoms with Gasteiger partial charge in [-0.1, -0.05) is 6.92 Å². The van der Waals surface area contributed by atoms with Crippen LogP contribution >= 0.6 is 11.3 Å². The predicted octanol–water partition coefficient (Wildman–Crippen LogP) is 2.05. The van der Waals surface area contributed by atoms with Gasteiger partial charge in [0.1, 0.15) is 0 Å². The summed E-state index contributed by atoms with van der Waals surface area (Å²) in [6.07, 6.45) is 0.708. The Kier molecular flexibility index (Phi) is 6.21. The van der Waals surface area contributed by atoms with E-state index in [2.05, 4.69) is 10.6 Å². The Hall–Kier alpha value is -1.56. The highest BCUT2D eigenvalue weighted by atomic mass is 32.1. The zero-order chi connectivity index (χ0) is 13.4. The fourth-order valence-electron chi connectivity index (χ4n) is 1.38. The first-order valence-electron chi connectivity index (χ1n) is 5.82. The molecule has 0 aliphatic carbocycles. The molecule has 0 aliphatic heterocycles. The smallest absolute Gasteiger partial charge is 0.315 e. The van der Waals surface area contributed by atoms with Crippen molar-refractivity contribution in [2.24, 2.45) is 5.92 Å². The van der Waals surface area contributed by atoms with Gasteiger partial charge in [0, 0.05) is 19.5 Å². The number of amides is 2. The fourth-order valence-corrected chi connectivity index (χ4v) is 2.05. The number of hydrogen-bond acceptors (Lipinski definition) is 3. The van der Waals surface area contributed by atoms with Crippen LogP contribution in [0.25, 0.3) is 0 Å². The minimum absolute atomic E-state index is 0.138. The summed E-state index contributed by atoms with van der Waals surface area (Å²) in [7, 11) is 0. The molecule has 5 nitrogen and oxygen atoms in total. The van der Waals surface area contributed by atoms with Gasteiger partial charge < -0.3 is 15.7 Å². The molecular weight excluding hydrogens is 252 g/mol. The molecule has 0 bridgehead atoms. The van der Waals surface area contributed by atoms with Gasteiger partial charge in [-0.15, -0.1) is 0 Å². The van der Waals surface area contributed by atoms with Gasteiger partial charge in [-0.3, -0.25) is 4.79 Å². The van der Waals surface area contributed by atoms with Gasteiger partial charge >= 0.3 is 12.0 Å². The molecule has 6 heteroatoms. The van der Waals surface area contributed by atoms with E-state index < -0.39 is 5.97 Å². The Balaban J connectivity index is 2.11. The normalized spacial score (nSPS) is 11.8. The summed E-state index contributed by atoms with van der Waals surface area (Å²) in [5.41, 5.74) is 1.08. The van der Waals surface area contributed by atoms with Crippen LogP contribution in [0.15, 0.2) is 16.8 Å². The monoisotopic (exact) mass is 270 g/mol. The molecule has 0 spiro atoms. The van der Waals surface area contributed by atoms with Gasteiger partial charge in [0.15, 0.2) is 0 Å². The number of nitrogens with one attached hydrogen (secondary N) is 2. The van der Waals surface area contributed by atoms with E-state index in [1.807, 2.05) is 23.8 Å². The summed E-state index contributed by atoms with van der Waals surface area (Å²) in [5, 5.41) is 17.9. The zero-order valence-electron chi connectivity index (χ0n) is 10.3. The van der Waals surface area contributed by atoms with E-state index in [4.69, 9.17) is 5.11 Å². The van der Waals surface area contributed by atoms with Gasteiger partial charge in [-0.05, 0) is 34.7 Å². The number of thiophene rings is 1. The lowest BCUT2D eigenvalue weighted by molar-refractivity contribution is -0.137. The third kappa shape index (κ3) is 6.24.